The number of hydrogen-bond donors (Lipinski definition) is 0. The van der Waals surface area contributed by atoms with Crippen molar-refractivity contribution in [3.8, 4) is 11.6 Å². The van der Waals surface area contributed by atoms with Gasteiger partial charge in [0, 0.05) is 31.9 Å². The Kier molecular flexibility index (Phi) is 3.25. The summed E-state index contributed by atoms with van der Waals surface area (Å²) in [6, 6.07) is 0. The fraction of sp³-hybridized carbons (Fsp3) is 0.538. The molecule has 2 aromatic heterocycles. The van der Waals surface area contributed by atoms with Crippen molar-refractivity contribution < 1.29 is 9.47 Å². The first-order valence-electron chi connectivity index (χ1n) is 6.51. The molecule has 102 valence electrons. The minimum atomic E-state index is 0.663. The number of aromatic nitrogens is 3. The molecular formula is C13H18N4O2. The van der Waals surface area contributed by atoms with Crippen molar-refractivity contribution in [1.82, 2.24) is 19.4 Å². The third kappa shape index (κ3) is 2.23. The second kappa shape index (κ2) is 5.05. The molecule has 0 fully saturated rings. The van der Waals surface area contributed by atoms with Crippen LogP contribution in [0.15, 0.2) is 12.4 Å². The lowest BCUT2D eigenvalue weighted by molar-refractivity contribution is 0.281. The van der Waals surface area contributed by atoms with Crippen molar-refractivity contribution in [3.63, 3.8) is 0 Å². The van der Waals surface area contributed by atoms with Gasteiger partial charge < -0.3 is 14.4 Å². The summed E-state index contributed by atoms with van der Waals surface area (Å²) in [6.45, 7) is 3.05. The molecule has 6 nitrogen and oxygen atoms in total. The Balaban J connectivity index is 2.09. The van der Waals surface area contributed by atoms with Crippen molar-refractivity contribution >= 4 is 11.2 Å². The first kappa shape index (κ1) is 12.2. The molecule has 0 aromatic carbocycles. The van der Waals surface area contributed by atoms with E-state index in [-0.39, 0.29) is 0 Å². The average molecular weight is 262 g/mol. The van der Waals surface area contributed by atoms with Gasteiger partial charge in [0.1, 0.15) is 0 Å². The van der Waals surface area contributed by atoms with Crippen molar-refractivity contribution in [1.29, 1.82) is 0 Å². The van der Waals surface area contributed by atoms with E-state index in [1.165, 1.54) is 0 Å². The molecule has 0 spiro atoms. The van der Waals surface area contributed by atoms with Gasteiger partial charge in [-0.1, -0.05) is 0 Å². The predicted molar refractivity (Wildman–Crippen MR) is 71.7 cm³/mol. The maximum absolute atomic E-state index is 5.84. The molecule has 1 aliphatic rings. The number of rotatable bonds is 3. The fourth-order valence-corrected chi connectivity index (χ4v) is 2.19. The highest BCUT2D eigenvalue weighted by molar-refractivity contribution is 5.83. The van der Waals surface area contributed by atoms with Crippen LogP contribution < -0.4 is 9.47 Å². The fourth-order valence-electron chi connectivity index (χ4n) is 2.19. The number of ether oxygens (including phenoxy) is 2. The Labute approximate surface area is 112 Å². The van der Waals surface area contributed by atoms with Gasteiger partial charge in [-0.15, -0.1) is 0 Å². The van der Waals surface area contributed by atoms with Gasteiger partial charge in [-0.2, -0.15) is 0 Å². The highest BCUT2D eigenvalue weighted by Gasteiger charge is 2.23. The van der Waals surface area contributed by atoms with Crippen LogP contribution in [-0.2, 0) is 6.54 Å². The van der Waals surface area contributed by atoms with E-state index in [0.29, 0.717) is 13.2 Å². The van der Waals surface area contributed by atoms with Gasteiger partial charge in [0.05, 0.1) is 13.2 Å². The molecular weight excluding hydrogens is 244 g/mol. The summed E-state index contributed by atoms with van der Waals surface area (Å²) < 4.78 is 13.7. The van der Waals surface area contributed by atoms with Crippen LogP contribution in [0.1, 0.15) is 6.42 Å². The molecule has 6 heteroatoms. The molecule has 1 aliphatic heterocycles. The van der Waals surface area contributed by atoms with Crippen molar-refractivity contribution in [2.75, 3.05) is 33.9 Å². The zero-order valence-corrected chi connectivity index (χ0v) is 11.3. The van der Waals surface area contributed by atoms with Gasteiger partial charge in [0.15, 0.2) is 11.2 Å². The molecule has 0 bridgehead atoms. The van der Waals surface area contributed by atoms with Gasteiger partial charge in [-0.05, 0) is 14.1 Å². The van der Waals surface area contributed by atoms with Crippen LogP contribution >= 0.6 is 0 Å². The molecule has 0 N–H and O–H groups in total. The maximum Gasteiger partial charge on any atom is 0.241 e. The second-order valence-electron chi connectivity index (χ2n) is 4.87. The second-order valence-corrected chi connectivity index (χ2v) is 4.87. The predicted octanol–water partition coefficient (Wildman–Crippen LogP) is 1.15. The van der Waals surface area contributed by atoms with Crippen LogP contribution in [0.2, 0.25) is 0 Å². The third-order valence-electron chi connectivity index (χ3n) is 3.13. The topological polar surface area (TPSA) is 52.4 Å². The summed E-state index contributed by atoms with van der Waals surface area (Å²) in [5, 5.41) is 0. The minimum absolute atomic E-state index is 0.663. The van der Waals surface area contributed by atoms with E-state index in [4.69, 9.17) is 9.47 Å². The molecule has 19 heavy (non-hydrogen) atoms. The molecule has 0 saturated carbocycles. The van der Waals surface area contributed by atoms with Crippen LogP contribution in [0.5, 0.6) is 11.6 Å². The summed E-state index contributed by atoms with van der Waals surface area (Å²) in [4.78, 5) is 10.9. The molecule has 3 heterocycles. The Bertz CT molecular complexity index is 579. The van der Waals surface area contributed by atoms with Crippen molar-refractivity contribution in [3.05, 3.63) is 12.4 Å². The average Bonchev–Trinajstić information content (AvgIpc) is 2.56. The number of fused-ring (bicyclic) bond motifs is 3. The smallest absolute Gasteiger partial charge is 0.241 e. The van der Waals surface area contributed by atoms with Crippen LogP contribution in [0, 0.1) is 0 Å². The lowest BCUT2D eigenvalue weighted by Gasteiger charge is -2.13. The molecule has 0 amide bonds. The van der Waals surface area contributed by atoms with Gasteiger partial charge in [-0.3, -0.25) is 4.57 Å². The number of hydrogen-bond acceptors (Lipinski definition) is 5. The zero-order valence-electron chi connectivity index (χ0n) is 11.3. The number of nitrogens with zero attached hydrogens (tertiary/aromatic N) is 4. The Morgan fingerprint density at radius 3 is 2.84 bits per heavy atom. The first-order valence-corrected chi connectivity index (χ1v) is 6.51. The van der Waals surface area contributed by atoms with Crippen molar-refractivity contribution in [2.45, 2.75) is 13.0 Å². The quantitative estimate of drug-likeness (QED) is 0.830. The summed E-state index contributed by atoms with van der Waals surface area (Å²) in [7, 11) is 4.10. The minimum Gasteiger partial charge on any atom is -0.486 e. The standard InChI is InChI=1S/C13H18N4O2/c1-16(2)6-7-17-12-10(14-4-5-15-12)11-13(17)19-9-3-8-18-11/h4-5H,3,6-9H2,1-2H3. The monoisotopic (exact) mass is 262 g/mol. The third-order valence-corrected chi connectivity index (χ3v) is 3.13. The molecule has 0 saturated heterocycles. The SMILES string of the molecule is CN(C)CCn1c2c(c3nccnc31)OCCCO2. The lowest BCUT2D eigenvalue weighted by Crippen LogP contribution is -2.19. The normalized spacial score (nSPS) is 14.9. The van der Waals surface area contributed by atoms with E-state index in [1.54, 1.807) is 12.4 Å². The van der Waals surface area contributed by atoms with E-state index in [2.05, 4.69) is 19.4 Å². The Morgan fingerprint density at radius 2 is 2.00 bits per heavy atom. The highest BCUT2D eigenvalue weighted by atomic mass is 16.5. The van der Waals surface area contributed by atoms with Crippen LogP contribution in [0.25, 0.3) is 11.2 Å². The van der Waals surface area contributed by atoms with E-state index >= 15 is 0 Å². The van der Waals surface area contributed by atoms with Gasteiger partial charge in [0.25, 0.3) is 0 Å². The van der Waals surface area contributed by atoms with E-state index in [9.17, 15) is 0 Å². The maximum atomic E-state index is 5.84. The Morgan fingerprint density at radius 1 is 1.21 bits per heavy atom. The van der Waals surface area contributed by atoms with E-state index in [1.807, 2.05) is 14.1 Å². The Hall–Kier alpha value is -1.82. The molecule has 2 aromatic rings. The molecule has 0 radical (unpaired) electrons. The summed E-state index contributed by atoms with van der Waals surface area (Å²) >= 11 is 0. The molecule has 3 rings (SSSR count). The highest BCUT2D eigenvalue weighted by Crippen LogP contribution is 2.38. The van der Waals surface area contributed by atoms with Gasteiger partial charge >= 0.3 is 0 Å². The van der Waals surface area contributed by atoms with E-state index < -0.39 is 0 Å². The van der Waals surface area contributed by atoms with Gasteiger partial charge in [-0.25, -0.2) is 9.97 Å². The summed E-state index contributed by atoms with van der Waals surface area (Å²) in [5.74, 6) is 1.50. The lowest BCUT2D eigenvalue weighted by atomic mass is 10.5. The number of likely N-dealkylation sites (N-methyl/N-ethyl adjacent to an activating group) is 1. The molecule has 0 aliphatic carbocycles. The van der Waals surface area contributed by atoms with Crippen molar-refractivity contribution in [2.24, 2.45) is 0 Å². The van der Waals surface area contributed by atoms with Crippen LogP contribution in [-0.4, -0.2) is 53.3 Å². The van der Waals surface area contributed by atoms with E-state index in [0.717, 1.165) is 42.3 Å². The summed E-state index contributed by atoms with van der Waals surface area (Å²) in [6.07, 6.45) is 4.28. The summed E-state index contributed by atoms with van der Waals surface area (Å²) in [5.41, 5.74) is 1.62. The first-order chi connectivity index (χ1) is 9.27. The van der Waals surface area contributed by atoms with Crippen LogP contribution in [0.4, 0.5) is 0 Å². The largest absolute Gasteiger partial charge is 0.486 e. The molecule has 0 atom stereocenters. The van der Waals surface area contributed by atoms with Crippen LogP contribution in [0.3, 0.4) is 0 Å². The zero-order chi connectivity index (χ0) is 13.2. The van der Waals surface area contributed by atoms with Gasteiger partial charge in [0.2, 0.25) is 11.6 Å². The molecule has 0 unspecified atom stereocenters.